The predicted octanol–water partition coefficient (Wildman–Crippen LogP) is 2.55. The average molecular weight is 375 g/mol. The van der Waals surface area contributed by atoms with Crippen LogP contribution in [-0.2, 0) is 16.4 Å². The van der Waals surface area contributed by atoms with Gasteiger partial charge in [-0.25, -0.2) is 8.42 Å². The Morgan fingerprint density at radius 2 is 1.69 bits per heavy atom. The molecule has 1 saturated heterocycles. The van der Waals surface area contributed by atoms with Crippen molar-refractivity contribution in [2.45, 2.75) is 18.2 Å². The Morgan fingerprint density at radius 1 is 1.00 bits per heavy atom. The van der Waals surface area contributed by atoms with Crippen molar-refractivity contribution in [3.63, 3.8) is 0 Å². The number of hydrogen-bond acceptors (Lipinski definition) is 4. The summed E-state index contributed by atoms with van der Waals surface area (Å²) in [6.07, 6.45) is 0.991. The summed E-state index contributed by atoms with van der Waals surface area (Å²) in [6, 6.07) is 15.5. The van der Waals surface area contributed by atoms with Crippen LogP contribution in [0.2, 0.25) is 0 Å². The van der Waals surface area contributed by atoms with Crippen LogP contribution >= 0.6 is 0 Å². The second kappa shape index (κ2) is 8.20. The highest BCUT2D eigenvalue weighted by Crippen LogP contribution is 2.24. The van der Waals surface area contributed by atoms with Gasteiger partial charge in [-0.15, -0.1) is 0 Å². The van der Waals surface area contributed by atoms with E-state index in [4.69, 9.17) is 4.74 Å². The lowest BCUT2D eigenvalue weighted by Crippen LogP contribution is -2.49. The topological polar surface area (TPSA) is 49.9 Å². The third kappa shape index (κ3) is 4.26. The molecule has 3 rings (SSSR count). The maximum atomic E-state index is 13.0. The Labute approximate surface area is 156 Å². The summed E-state index contributed by atoms with van der Waals surface area (Å²) in [4.78, 5) is 2.70. The van der Waals surface area contributed by atoms with Gasteiger partial charge < -0.3 is 9.64 Å². The van der Waals surface area contributed by atoms with Gasteiger partial charge in [-0.1, -0.05) is 30.3 Å². The number of rotatable bonds is 6. The fourth-order valence-corrected chi connectivity index (χ4v) is 4.93. The number of nitrogens with zero attached hydrogens (tertiary/aromatic N) is 2. The van der Waals surface area contributed by atoms with E-state index >= 15 is 0 Å². The van der Waals surface area contributed by atoms with E-state index in [0.717, 1.165) is 31.6 Å². The van der Waals surface area contributed by atoms with E-state index in [9.17, 15) is 8.42 Å². The van der Waals surface area contributed by atoms with E-state index < -0.39 is 10.0 Å². The molecule has 1 aliphatic heterocycles. The molecule has 0 aromatic heterocycles. The quantitative estimate of drug-likeness (QED) is 0.780. The summed E-state index contributed by atoms with van der Waals surface area (Å²) >= 11 is 0. The average Bonchev–Trinajstić information content (AvgIpc) is 2.67. The Morgan fingerprint density at radius 3 is 2.31 bits per heavy atom. The highest BCUT2D eigenvalue weighted by atomic mass is 32.2. The molecule has 2 aromatic carbocycles. The second-order valence-corrected chi connectivity index (χ2v) is 8.52. The molecule has 0 amide bonds. The minimum atomic E-state index is -3.46. The van der Waals surface area contributed by atoms with Gasteiger partial charge in [-0.2, -0.15) is 4.31 Å². The Hall–Kier alpha value is -1.89. The van der Waals surface area contributed by atoms with Crippen LogP contribution in [0.4, 0.5) is 0 Å². The molecule has 6 heteroatoms. The first-order valence-electron chi connectivity index (χ1n) is 8.92. The van der Waals surface area contributed by atoms with Gasteiger partial charge in [0.25, 0.3) is 0 Å². The summed E-state index contributed by atoms with van der Waals surface area (Å²) in [5.41, 5.74) is 2.03. The van der Waals surface area contributed by atoms with Gasteiger partial charge >= 0.3 is 0 Å². The van der Waals surface area contributed by atoms with Crippen LogP contribution in [0.1, 0.15) is 11.1 Å². The molecule has 140 valence electrons. The summed E-state index contributed by atoms with van der Waals surface area (Å²) in [5, 5.41) is 0. The number of aryl methyl sites for hydroxylation is 1. The third-order valence-electron chi connectivity index (χ3n) is 4.89. The number of ether oxygens (including phenoxy) is 1. The lowest BCUT2D eigenvalue weighted by Gasteiger charge is -2.34. The van der Waals surface area contributed by atoms with Crippen molar-refractivity contribution in [2.75, 3.05) is 39.8 Å². The summed E-state index contributed by atoms with van der Waals surface area (Å²) in [6.45, 7) is 5.36. The van der Waals surface area contributed by atoms with Gasteiger partial charge in [0.05, 0.1) is 12.0 Å². The van der Waals surface area contributed by atoms with E-state index in [1.807, 2.05) is 13.0 Å². The molecule has 0 atom stereocenters. The van der Waals surface area contributed by atoms with Gasteiger partial charge in [0, 0.05) is 32.7 Å². The van der Waals surface area contributed by atoms with Crippen LogP contribution in [0.15, 0.2) is 53.4 Å². The molecule has 5 nitrogen and oxygen atoms in total. The van der Waals surface area contributed by atoms with Crippen molar-refractivity contribution in [3.05, 3.63) is 59.7 Å². The van der Waals surface area contributed by atoms with Gasteiger partial charge in [-0.05, 0) is 42.7 Å². The Balaban J connectivity index is 1.60. The van der Waals surface area contributed by atoms with Crippen LogP contribution in [-0.4, -0.2) is 57.5 Å². The predicted molar refractivity (Wildman–Crippen MR) is 103 cm³/mol. The van der Waals surface area contributed by atoms with Crippen LogP contribution < -0.4 is 4.74 Å². The molecule has 26 heavy (non-hydrogen) atoms. The lowest BCUT2D eigenvalue weighted by atomic mass is 10.1. The lowest BCUT2D eigenvalue weighted by molar-refractivity contribution is 0.190. The number of piperazine rings is 1. The van der Waals surface area contributed by atoms with Crippen molar-refractivity contribution < 1.29 is 13.2 Å². The van der Waals surface area contributed by atoms with Crippen molar-refractivity contribution in [2.24, 2.45) is 0 Å². The van der Waals surface area contributed by atoms with Gasteiger partial charge in [0.15, 0.2) is 0 Å². The molecule has 0 spiro atoms. The molecule has 1 fully saturated rings. The van der Waals surface area contributed by atoms with E-state index in [2.05, 4.69) is 29.2 Å². The zero-order chi connectivity index (χ0) is 18.6. The van der Waals surface area contributed by atoms with E-state index in [-0.39, 0.29) is 0 Å². The van der Waals surface area contributed by atoms with Crippen molar-refractivity contribution >= 4 is 10.0 Å². The molecule has 0 bridgehead atoms. The standard InChI is InChI=1S/C20H26N2O3S/c1-17-16-19(25-2)8-9-20(17)26(23,24)22-14-12-21(13-15-22)11-10-18-6-4-3-5-7-18/h3-9,16H,10-15H2,1-2H3. The van der Waals surface area contributed by atoms with Crippen molar-refractivity contribution in [1.82, 2.24) is 9.21 Å². The number of sulfonamides is 1. The molecule has 2 aromatic rings. The fourth-order valence-electron chi connectivity index (χ4n) is 3.30. The Bertz CT molecular complexity index is 829. The highest BCUT2D eigenvalue weighted by Gasteiger charge is 2.29. The number of hydrogen-bond donors (Lipinski definition) is 0. The van der Waals surface area contributed by atoms with Gasteiger partial charge in [0.1, 0.15) is 5.75 Å². The van der Waals surface area contributed by atoms with Gasteiger partial charge in [-0.3, -0.25) is 0 Å². The van der Waals surface area contributed by atoms with Crippen LogP contribution in [0.25, 0.3) is 0 Å². The molecule has 1 aliphatic rings. The zero-order valence-corrected chi connectivity index (χ0v) is 16.2. The molecule has 0 aliphatic carbocycles. The van der Waals surface area contributed by atoms with Crippen molar-refractivity contribution in [1.29, 1.82) is 0 Å². The minimum absolute atomic E-state index is 0.371. The number of methoxy groups -OCH3 is 1. The van der Waals surface area contributed by atoms with Gasteiger partial charge in [0.2, 0.25) is 10.0 Å². The largest absolute Gasteiger partial charge is 0.497 e. The Kier molecular flexibility index (Phi) is 5.96. The molecular formula is C20H26N2O3S. The first-order chi connectivity index (χ1) is 12.5. The molecule has 0 N–H and O–H groups in total. The van der Waals surface area contributed by atoms with Crippen molar-refractivity contribution in [3.8, 4) is 5.75 Å². The van der Waals surface area contributed by atoms with Crippen LogP contribution in [0, 0.1) is 6.92 Å². The molecular weight excluding hydrogens is 348 g/mol. The fraction of sp³-hybridized carbons (Fsp3) is 0.400. The summed E-state index contributed by atoms with van der Waals surface area (Å²) in [5.74, 6) is 0.673. The summed E-state index contributed by atoms with van der Waals surface area (Å²) in [7, 11) is -1.88. The SMILES string of the molecule is COc1ccc(S(=O)(=O)N2CCN(CCc3ccccc3)CC2)c(C)c1. The maximum absolute atomic E-state index is 13.0. The molecule has 0 saturated carbocycles. The molecule has 1 heterocycles. The minimum Gasteiger partial charge on any atom is -0.497 e. The zero-order valence-electron chi connectivity index (χ0n) is 15.4. The van der Waals surface area contributed by atoms with E-state index in [0.29, 0.717) is 23.7 Å². The van der Waals surface area contributed by atoms with E-state index in [1.54, 1.807) is 29.6 Å². The van der Waals surface area contributed by atoms with Crippen LogP contribution in [0.3, 0.4) is 0 Å². The molecule has 0 radical (unpaired) electrons. The maximum Gasteiger partial charge on any atom is 0.243 e. The normalized spacial score (nSPS) is 16.5. The highest BCUT2D eigenvalue weighted by molar-refractivity contribution is 7.89. The second-order valence-electron chi connectivity index (χ2n) is 6.61. The smallest absolute Gasteiger partial charge is 0.243 e. The first kappa shape index (κ1) is 18.9. The third-order valence-corrected chi connectivity index (χ3v) is 6.95. The number of benzene rings is 2. The molecule has 0 unspecified atom stereocenters. The first-order valence-corrected chi connectivity index (χ1v) is 10.4. The monoisotopic (exact) mass is 374 g/mol. The van der Waals surface area contributed by atoms with E-state index in [1.165, 1.54) is 5.56 Å². The van der Waals surface area contributed by atoms with Crippen LogP contribution in [0.5, 0.6) is 5.75 Å². The summed E-state index contributed by atoms with van der Waals surface area (Å²) < 4.78 is 32.7.